The van der Waals surface area contributed by atoms with E-state index in [0.717, 1.165) is 22.9 Å². The Labute approximate surface area is 86.9 Å². The molecule has 0 bridgehead atoms. The summed E-state index contributed by atoms with van der Waals surface area (Å²) in [5.74, 6) is 0.630. The van der Waals surface area contributed by atoms with Gasteiger partial charge in [-0.1, -0.05) is 18.2 Å². The van der Waals surface area contributed by atoms with Gasteiger partial charge in [-0.15, -0.1) is 0 Å². The summed E-state index contributed by atoms with van der Waals surface area (Å²) in [7, 11) is 0. The average Bonchev–Trinajstić information content (AvgIpc) is 2.73. The van der Waals surface area contributed by atoms with E-state index < -0.39 is 0 Å². The molecule has 0 N–H and O–H groups in total. The minimum Gasteiger partial charge on any atom is -0.477 e. The lowest BCUT2D eigenvalue weighted by Crippen LogP contribution is -1.91. The summed E-state index contributed by atoms with van der Waals surface area (Å²) >= 11 is 0. The normalized spacial score (nSPS) is 13.3. The molecule has 0 saturated carbocycles. The van der Waals surface area contributed by atoms with Crippen molar-refractivity contribution in [3.63, 3.8) is 0 Å². The first-order valence-corrected chi connectivity index (χ1v) is 4.84. The van der Waals surface area contributed by atoms with Gasteiger partial charge in [0.05, 0.1) is 17.7 Å². The molecule has 0 unspecified atom stereocenters. The Balaban J connectivity index is 2.47. The topological polar surface area (TPSA) is 45.9 Å². The third-order valence-electron chi connectivity index (χ3n) is 2.66. The number of hydrogen-bond donors (Lipinski definition) is 0. The standard InChI is InChI=1S/C12H8N2O/c13-7-10-8-3-1-2-4-11(8)14-12-9(10)5-6-15-12/h1-4H,5-6H2. The molecule has 1 aromatic carbocycles. The number of aromatic nitrogens is 1. The van der Waals surface area contributed by atoms with Crippen molar-refractivity contribution in [2.24, 2.45) is 0 Å². The first kappa shape index (κ1) is 8.25. The average molecular weight is 196 g/mol. The Morgan fingerprint density at radius 2 is 2.20 bits per heavy atom. The van der Waals surface area contributed by atoms with Gasteiger partial charge in [-0.3, -0.25) is 0 Å². The van der Waals surface area contributed by atoms with Gasteiger partial charge in [-0.05, 0) is 6.07 Å². The Morgan fingerprint density at radius 1 is 1.33 bits per heavy atom. The summed E-state index contributed by atoms with van der Waals surface area (Å²) in [6.07, 6.45) is 0.788. The summed E-state index contributed by atoms with van der Waals surface area (Å²) in [5.41, 5.74) is 2.50. The summed E-state index contributed by atoms with van der Waals surface area (Å²) in [6.45, 7) is 0.632. The summed E-state index contributed by atoms with van der Waals surface area (Å²) < 4.78 is 5.39. The molecule has 3 rings (SSSR count). The molecule has 0 atom stereocenters. The van der Waals surface area contributed by atoms with Crippen molar-refractivity contribution in [1.29, 1.82) is 5.26 Å². The van der Waals surface area contributed by atoms with Crippen LogP contribution in [0.5, 0.6) is 5.88 Å². The number of benzene rings is 1. The molecule has 3 heteroatoms. The smallest absolute Gasteiger partial charge is 0.218 e. The molecule has 0 fully saturated rings. The molecular formula is C12H8N2O. The first-order valence-electron chi connectivity index (χ1n) is 4.84. The van der Waals surface area contributed by atoms with Crippen molar-refractivity contribution in [3.05, 3.63) is 35.4 Å². The molecule has 1 aliphatic rings. The van der Waals surface area contributed by atoms with E-state index in [0.29, 0.717) is 18.1 Å². The predicted molar refractivity (Wildman–Crippen MR) is 55.7 cm³/mol. The maximum atomic E-state index is 9.17. The van der Waals surface area contributed by atoms with E-state index in [9.17, 15) is 0 Å². The van der Waals surface area contributed by atoms with E-state index in [1.807, 2.05) is 24.3 Å². The van der Waals surface area contributed by atoms with Crippen molar-refractivity contribution >= 4 is 10.9 Å². The molecule has 1 aromatic heterocycles. The molecule has 0 saturated heterocycles. The third kappa shape index (κ3) is 1.08. The maximum Gasteiger partial charge on any atom is 0.218 e. The van der Waals surface area contributed by atoms with Crippen LogP contribution in [0.25, 0.3) is 10.9 Å². The minimum atomic E-state index is 0.630. The first-order chi connectivity index (χ1) is 7.40. The van der Waals surface area contributed by atoms with Gasteiger partial charge in [-0.2, -0.15) is 5.26 Å². The predicted octanol–water partition coefficient (Wildman–Crippen LogP) is 2.04. The highest BCUT2D eigenvalue weighted by Crippen LogP contribution is 2.31. The van der Waals surface area contributed by atoms with Gasteiger partial charge in [0.15, 0.2) is 0 Å². The van der Waals surface area contributed by atoms with E-state index in [4.69, 9.17) is 10.00 Å². The van der Waals surface area contributed by atoms with Gasteiger partial charge in [0.25, 0.3) is 0 Å². The van der Waals surface area contributed by atoms with Crippen molar-refractivity contribution in [2.75, 3.05) is 6.61 Å². The van der Waals surface area contributed by atoms with Crippen LogP contribution >= 0.6 is 0 Å². The highest BCUT2D eigenvalue weighted by atomic mass is 16.5. The van der Waals surface area contributed by atoms with Crippen LogP contribution < -0.4 is 4.74 Å². The van der Waals surface area contributed by atoms with Crippen LogP contribution in [-0.2, 0) is 6.42 Å². The SMILES string of the molecule is N#Cc1c2c(nc3ccccc13)OCC2. The lowest BCUT2D eigenvalue weighted by molar-refractivity contribution is 0.346. The summed E-state index contributed by atoms with van der Waals surface area (Å²) in [5, 5.41) is 10.1. The van der Waals surface area contributed by atoms with Crippen LogP contribution in [0.3, 0.4) is 0 Å². The van der Waals surface area contributed by atoms with Gasteiger partial charge in [0.1, 0.15) is 6.07 Å². The number of para-hydroxylation sites is 1. The molecule has 0 radical (unpaired) electrons. The molecule has 15 heavy (non-hydrogen) atoms. The Hall–Kier alpha value is -2.08. The molecule has 1 aliphatic heterocycles. The zero-order valence-corrected chi connectivity index (χ0v) is 8.03. The Kier molecular flexibility index (Phi) is 1.63. The quantitative estimate of drug-likeness (QED) is 0.647. The molecule has 0 amide bonds. The van der Waals surface area contributed by atoms with E-state index in [2.05, 4.69) is 11.1 Å². The van der Waals surface area contributed by atoms with Crippen molar-refractivity contribution in [2.45, 2.75) is 6.42 Å². The number of pyridine rings is 1. The van der Waals surface area contributed by atoms with Gasteiger partial charge in [-0.25, -0.2) is 4.98 Å². The van der Waals surface area contributed by atoms with Crippen molar-refractivity contribution in [1.82, 2.24) is 4.98 Å². The monoisotopic (exact) mass is 196 g/mol. The lowest BCUT2D eigenvalue weighted by Gasteiger charge is -2.04. The van der Waals surface area contributed by atoms with Crippen LogP contribution in [0.4, 0.5) is 0 Å². The second-order valence-electron chi connectivity index (χ2n) is 3.50. The van der Waals surface area contributed by atoms with Crippen LogP contribution in [0, 0.1) is 11.3 Å². The van der Waals surface area contributed by atoms with Gasteiger partial charge < -0.3 is 4.74 Å². The zero-order chi connectivity index (χ0) is 10.3. The zero-order valence-electron chi connectivity index (χ0n) is 8.03. The molecule has 2 aromatic rings. The largest absolute Gasteiger partial charge is 0.477 e. The highest BCUT2D eigenvalue weighted by Gasteiger charge is 2.20. The summed E-state index contributed by atoms with van der Waals surface area (Å²) in [4.78, 5) is 4.39. The Bertz CT molecular complexity index is 584. The second-order valence-corrected chi connectivity index (χ2v) is 3.50. The van der Waals surface area contributed by atoms with Gasteiger partial charge >= 0.3 is 0 Å². The van der Waals surface area contributed by atoms with Crippen molar-refractivity contribution in [3.8, 4) is 11.9 Å². The molecule has 2 heterocycles. The van der Waals surface area contributed by atoms with E-state index in [1.54, 1.807) is 0 Å². The fourth-order valence-electron chi connectivity index (χ4n) is 1.96. The highest BCUT2D eigenvalue weighted by molar-refractivity contribution is 5.87. The third-order valence-corrected chi connectivity index (χ3v) is 2.66. The lowest BCUT2D eigenvalue weighted by atomic mass is 10.0. The number of fused-ring (bicyclic) bond motifs is 2. The van der Waals surface area contributed by atoms with Gasteiger partial charge in [0.2, 0.25) is 5.88 Å². The van der Waals surface area contributed by atoms with Crippen LogP contribution in [0.15, 0.2) is 24.3 Å². The molecule has 0 spiro atoms. The number of hydrogen-bond acceptors (Lipinski definition) is 3. The van der Waals surface area contributed by atoms with Crippen LogP contribution in [0.1, 0.15) is 11.1 Å². The molecule has 0 aliphatic carbocycles. The minimum absolute atomic E-state index is 0.630. The molecule has 3 nitrogen and oxygen atoms in total. The number of ether oxygens (including phenoxy) is 1. The van der Waals surface area contributed by atoms with Crippen LogP contribution in [0.2, 0.25) is 0 Å². The number of nitriles is 1. The van der Waals surface area contributed by atoms with E-state index in [-0.39, 0.29) is 0 Å². The summed E-state index contributed by atoms with van der Waals surface area (Å²) in [6, 6.07) is 9.92. The van der Waals surface area contributed by atoms with Gasteiger partial charge in [0, 0.05) is 17.4 Å². The number of nitrogens with zero attached hydrogens (tertiary/aromatic N) is 2. The van der Waals surface area contributed by atoms with E-state index in [1.165, 1.54) is 0 Å². The van der Waals surface area contributed by atoms with Crippen molar-refractivity contribution < 1.29 is 4.74 Å². The maximum absolute atomic E-state index is 9.17. The Morgan fingerprint density at radius 3 is 3.07 bits per heavy atom. The van der Waals surface area contributed by atoms with Crippen LogP contribution in [-0.4, -0.2) is 11.6 Å². The van der Waals surface area contributed by atoms with E-state index >= 15 is 0 Å². The fraction of sp³-hybridized carbons (Fsp3) is 0.167. The number of rotatable bonds is 0. The molecular weight excluding hydrogens is 188 g/mol. The molecule has 72 valence electrons. The fourth-order valence-corrected chi connectivity index (χ4v) is 1.96. The second kappa shape index (κ2) is 2.96.